The Morgan fingerprint density at radius 3 is 2.26 bits per heavy atom. The fourth-order valence-electron chi connectivity index (χ4n) is 1.79. The van der Waals surface area contributed by atoms with Gasteiger partial charge in [-0.3, -0.25) is 4.79 Å². The third kappa shape index (κ3) is 3.67. The molecule has 0 saturated carbocycles. The lowest BCUT2D eigenvalue weighted by molar-refractivity contribution is -0.117. The predicted molar refractivity (Wildman–Crippen MR) is 83.9 cm³/mol. The quantitative estimate of drug-likeness (QED) is 0.759. The van der Waals surface area contributed by atoms with E-state index >= 15 is 0 Å². The van der Waals surface area contributed by atoms with Crippen LogP contribution >= 0.6 is 11.8 Å². The van der Waals surface area contributed by atoms with Crippen molar-refractivity contribution in [2.24, 2.45) is 5.73 Å². The molecule has 0 bridgehead atoms. The Morgan fingerprint density at radius 2 is 1.78 bits per heavy atom. The number of benzene rings is 1. The summed E-state index contributed by atoms with van der Waals surface area (Å²) in [4.78, 5) is 11.1. The van der Waals surface area contributed by atoms with E-state index in [-0.39, 0.29) is 11.1 Å². The summed E-state index contributed by atoms with van der Waals surface area (Å²) in [5, 5.41) is 7.64. The lowest BCUT2D eigenvalue weighted by Gasteiger charge is -2.12. The largest absolute Gasteiger partial charge is 0.493 e. The van der Waals surface area contributed by atoms with Gasteiger partial charge in [-0.05, 0) is 19.1 Å². The second-order valence-electron chi connectivity index (χ2n) is 4.45. The predicted octanol–water partition coefficient (Wildman–Crippen LogP) is 1.73. The van der Waals surface area contributed by atoms with Crippen LogP contribution in [-0.2, 0) is 4.79 Å². The first kappa shape index (κ1) is 16.9. The van der Waals surface area contributed by atoms with Crippen molar-refractivity contribution in [2.45, 2.75) is 17.4 Å². The van der Waals surface area contributed by atoms with E-state index in [9.17, 15) is 4.79 Å². The molecule has 0 spiro atoms. The lowest BCUT2D eigenvalue weighted by Crippen LogP contribution is -2.22. The molecule has 2 rings (SSSR count). The summed E-state index contributed by atoms with van der Waals surface area (Å²) in [5.41, 5.74) is 5.82. The van der Waals surface area contributed by atoms with Crippen molar-refractivity contribution in [3.05, 3.63) is 12.1 Å². The van der Waals surface area contributed by atoms with Crippen LogP contribution in [0.4, 0.5) is 0 Å². The SMILES string of the molecule is COc1cc(-c2nnc(SC(C)C(N)=O)o2)cc(OC)c1OC. The van der Waals surface area contributed by atoms with Gasteiger partial charge < -0.3 is 24.4 Å². The lowest BCUT2D eigenvalue weighted by atomic mass is 10.2. The van der Waals surface area contributed by atoms with Gasteiger partial charge >= 0.3 is 0 Å². The average molecular weight is 339 g/mol. The molecule has 1 atom stereocenters. The highest BCUT2D eigenvalue weighted by Crippen LogP contribution is 2.41. The average Bonchev–Trinajstić information content (AvgIpc) is 3.01. The summed E-state index contributed by atoms with van der Waals surface area (Å²) >= 11 is 1.09. The van der Waals surface area contributed by atoms with Gasteiger partial charge in [-0.2, -0.15) is 0 Å². The van der Waals surface area contributed by atoms with Crippen LogP contribution in [0.1, 0.15) is 6.92 Å². The number of hydrogen-bond donors (Lipinski definition) is 1. The van der Waals surface area contributed by atoms with Crippen LogP contribution in [0.25, 0.3) is 11.5 Å². The number of primary amides is 1. The first-order valence-electron chi connectivity index (χ1n) is 6.60. The zero-order chi connectivity index (χ0) is 17.0. The van der Waals surface area contributed by atoms with E-state index < -0.39 is 11.2 Å². The van der Waals surface area contributed by atoms with E-state index in [0.29, 0.717) is 22.8 Å². The van der Waals surface area contributed by atoms with Crippen molar-refractivity contribution in [3.63, 3.8) is 0 Å². The molecule has 9 heteroatoms. The normalized spacial score (nSPS) is 11.8. The molecule has 0 saturated heterocycles. The van der Waals surface area contributed by atoms with Crippen LogP contribution in [0.5, 0.6) is 17.2 Å². The van der Waals surface area contributed by atoms with Crippen molar-refractivity contribution in [3.8, 4) is 28.7 Å². The van der Waals surface area contributed by atoms with Crippen LogP contribution in [0.3, 0.4) is 0 Å². The molecule has 1 heterocycles. The summed E-state index contributed by atoms with van der Waals surface area (Å²) < 4.78 is 21.4. The zero-order valence-corrected chi connectivity index (χ0v) is 14.0. The molecule has 0 fully saturated rings. The Bertz CT molecular complexity index is 678. The standard InChI is InChI=1S/C14H17N3O5S/c1-7(12(15)18)23-14-17-16-13(22-14)8-5-9(19-2)11(21-4)10(6-8)20-3/h5-7H,1-4H3,(H2,15,18). The number of nitrogens with zero attached hydrogens (tertiary/aromatic N) is 2. The topological polar surface area (TPSA) is 110 Å². The smallest absolute Gasteiger partial charge is 0.277 e. The molecule has 1 aromatic carbocycles. The fourth-order valence-corrected chi connectivity index (χ4v) is 2.42. The van der Waals surface area contributed by atoms with Crippen molar-refractivity contribution in [1.29, 1.82) is 0 Å². The molecule has 2 N–H and O–H groups in total. The van der Waals surface area contributed by atoms with Gasteiger partial charge in [0, 0.05) is 5.56 Å². The summed E-state index contributed by atoms with van der Waals surface area (Å²) in [7, 11) is 4.56. The number of amides is 1. The molecule has 0 aliphatic rings. The molecule has 2 aromatic rings. The maximum absolute atomic E-state index is 11.1. The first-order chi connectivity index (χ1) is 11.0. The Kier molecular flexibility index (Phi) is 5.32. The molecule has 0 aliphatic carbocycles. The Hall–Kier alpha value is -2.42. The Labute approximate surface area is 137 Å². The molecular weight excluding hydrogens is 322 g/mol. The molecule has 1 amide bonds. The number of ether oxygens (including phenoxy) is 3. The molecule has 23 heavy (non-hydrogen) atoms. The second kappa shape index (κ2) is 7.23. The number of carbonyl (C=O) groups is 1. The molecule has 1 unspecified atom stereocenters. The van der Waals surface area contributed by atoms with Gasteiger partial charge in [0.05, 0.1) is 26.6 Å². The van der Waals surface area contributed by atoms with Gasteiger partial charge in [0.25, 0.3) is 5.22 Å². The first-order valence-corrected chi connectivity index (χ1v) is 7.48. The van der Waals surface area contributed by atoms with Crippen molar-refractivity contribution in [2.75, 3.05) is 21.3 Å². The van der Waals surface area contributed by atoms with Crippen molar-refractivity contribution < 1.29 is 23.4 Å². The van der Waals surface area contributed by atoms with Gasteiger partial charge in [0.15, 0.2) is 11.5 Å². The van der Waals surface area contributed by atoms with E-state index in [4.69, 9.17) is 24.4 Å². The Morgan fingerprint density at radius 1 is 1.17 bits per heavy atom. The fraction of sp³-hybridized carbons (Fsp3) is 0.357. The van der Waals surface area contributed by atoms with Crippen LogP contribution in [0.15, 0.2) is 21.8 Å². The highest BCUT2D eigenvalue weighted by atomic mass is 32.2. The van der Waals surface area contributed by atoms with E-state index in [1.807, 2.05) is 0 Å². The maximum Gasteiger partial charge on any atom is 0.277 e. The summed E-state index contributed by atoms with van der Waals surface area (Å²) in [6.45, 7) is 1.66. The molecule has 0 radical (unpaired) electrons. The van der Waals surface area contributed by atoms with Crippen LogP contribution in [0, 0.1) is 0 Å². The number of aromatic nitrogens is 2. The van der Waals surface area contributed by atoms with Gasteiger partial charge in [-0.15, -0.1) is 10.2 Å². The maximum atomic E-state index is 11.1. The van der Waals surface area contributed by atoms with Gasteiger partial charge in [0.2, 0.25) is 17.5 Å². The zero-order valence-electron chi connectivity index (χ0n) is 13.2. The number of nitrogens with two attached hydrogens (primary N) is 1. The Balaban J connectivity index is 2.35. The summed E-state index contributed by atoms with van der Waals surface area (Å²) in [6, 6.07) is 3.39. The number of rotatable bonds is 7. The number of methoxy groups -OCH3 is 3. The number of thioether (sulfide) groups is 1. The second-order valence-corrected chi connectivity index (χ2v) is 5.74. The monoisotopic (exact) mass is 339 g/mol. The van der Waals surface area contributed by atoms with E-state index in [2.05, 4.69) is 10.2 Å². The van der Waals surface area contributed by atoms with Gasteiger partial charge in [-0.1, -0.05) is 11.8 Å². The van der Waals surface area contributed by atoms with Gasteiger partial charge in [0.1, 0.15) is 0 Å². The third-order valence-corrected chi connectivity index (χ3v) is 3.95. The van der Waals surface area contributed by atoms with E-state index in [1.165, 1.54) is 21.3 Å². The van der Waals surface area contributed by atoms with Crippen molar-refractivity contribution >= 4 is 17.7 Å². The molecule has 1 aromatic heterocycles. The summed E-state index contributed by atoms with van der Waals surface area (Å²) in [6.07, 6.45) is 0. The van der Waals surface area contributed by atoms with Gasteiger partial charge in [-0.25, -0.2) is 0 Å². The minimum absolute atomic E-state index is 0.250. The third-order valence-electron chi connectivity index (χ3n) is 3.00. The van der Waals surface area contributed by atoms with E-state index in [0.717, 1.165) is 11.8 Å². The summed E-state index contributed by atoms with van der Waals surface area (Å²) in [5.74, 6) is 1.22. The van der Waals surface area contributed by atoms with E-state index in [1.54, 1.807) is 19.1 Å². The number of carbonyl (C=O) groups excluding carboxylic acids is 1. The highest BCUT2D eigenvalue weighted by molar-refractivity contribution is 8.00. The minimum Gasteiger partial charge on any atom is -0.493 e. The highest BCUT2D eigenvalue weighted by Gasteiger charge is 2.19. The van der Waals surface area contributed by atoms with Crippen molar-refractivity contribution in [1.82, 2.24) is 10.2 Å². The van der Waals surface area contributed by atoms with Crippen LogP contribution in [-0.4, -0.2) is 42.7 Å². The minimum atomic E-state index is -0.469. The van der Waals surface area contributed by atoms with Crippen LogP contribution in [0.2, 0.25) is 0 Å². The molecule has 0 aliphatic heterocycles. The number of hydrogen-bond acceptors (Lipinski definition) is 8. The molecule has 124 valence electrons. The molecular formula is C14H17N3O5S. The molecule has 8 nitrogen and oxygen atoms in total. The van der Waals surface area contributed by atoms with Crippen LogP contribution < -0.4 is 19.9 Å².